The Morgan fingerprint density at radius 3 is 2.56 bits per heavy atom. The molecular formula is C14H15NO. The summed E-state index contributed by atoms with van der Waals surface area (Å²) >= 11 is 0. The Labute approximate surface area is 95.9 Å². The molecule has 2 heteroatoms. The Kier molecular flexibility index (Phi) is 3.54. The van der Waals surface area contributed by atoms with E-state index >= 15 is 0 Å². The normalized spacial score (nSPS) is 10.1. The van der Waals surface area contributed by atoms with Gasteiger partial charge in [0.15, 0.2) is 0 Å². The molecule has 0 atom stereocenters. The van der Waals surface area contributed by atoms with E-state index in [9.17, 15) is 0 Å². The van der Waals surface area contributed by atoms with Gasteiger partial charge in [0.25, 0.3) is 0 Å². The second-order valence-electron chi connectivity index (χ2n) is 3.56. The molecule has 2 nitrogen and oxygen atoms in total. The van der Waals surface area contributed by atoms with Gasteiger partial charge in [0.05, 0.1) is 6.61 Å². The highest BCUT2D eigenvalue weighted by Crippen LogP contribution is 2.11. The van der Waals surface area contributed by atoms with Crippen LogP contribution in [0.25, 0.3) is 0 Å². The predicted molar refractivity (Wildman–Crippen MR) is 64.7 cm³/mol. The van der Waals surface area contributed by atoms with Crippen LogP contribution in [-0.2, 0) is 6.42 Å². The van der Waals surface area contributed by atoms with Gasteiger partial charge in [-0.1, -0.05) is 36.4 Å². The van der Waals surface area contributed by atoms with Crippen LogP contribution in [0, 0.1) is 0 Å². The summed E-state index contributed by atoms with van der Waals surface area (Å²) in [5.74, 6) is 0.705. The third-order valence-electron chi connectivity index (χ3n) is 2.30. The minimum atomic E-state index is 0.655. The molecule has 0 fully saturated rings. The first-order chi connectivity index (χ1) is 7.88. The minimum absolute atomic E-state index is 0.655. The van der Waals surface area contributed by atoms with Crippen LogP contribution in [0.15, 0.2) is 48.5 Å². The van der Waals surface area contributed by atoms with Crippen LogP contribution in [0.4, 0.5) is 0 Å². The van der Waals surface area contributed by atoms with E-state index in [0.717, 1.165) is 12.1 Å². The Morgan fingerprint density at radius 2 is 1.81 bits per heavy atom. The second kappa shape index (κ2) is 5.31. The van der Waals surface area contributed by atoms with Crippen molar-refractivity contribution < 1.29 is 4.74 Å². The molecule has 0 amide bonds. The summed E-state index contributed by atoms with van der Waals surface area (Å²) in [5.41, 5.74) is 2.31. The summed E-state index contributed by atoms with van der Waals surface area (Å²) in [4.78, 5) is 4.44. The van der Waals surface area contributed by atoms with E-state index in [-0.39, 0.29) is 0 Å². The van der Waals surface area contributed by atoms with Crippen molar-refractivity contribution in [1.29, 1.82) is 0 Å². The molecule has 0 aliphatic carbocycles. The van der Waals surface area contributed by atoms with Crippen molar-refractivity contribution in [2.75, 3.05) is 6.61 Å². The summed E-state index contributed by atoms with van der Waals surface area (Å²) in [7, 11) is 0. The number of rotatable bonds is 4. The van der Waals surface area contributed by atoms with E-state index in [1.54, 1.807) is 0 Å². The van der Waals surface area contributed by atoms with Gasteiger partial charge >= 0.3 is 0 Å². The molecule has 0 aliphatic heterocycles. The van der Waals surface area contributed by atoms with E-state index in [1.165, 1.54) is 5.56 Å². The maximum atomic E-state index is 5.37. The van der Waals surface area contributed by atoms with Crippen LogP contribution in [0.2, 0.25) is 0 Å². The highest BCUT2D eigenvalue weighted by Gasteiger charge is 1.99. The Bertz CT molecular complexity index is 439. The van der Waals surface area contributed by atoms with Crippen LogP contribution in [0.3, 0.4) is 0 Å². The zero-order valence-corrected chi connectivity index (χ0v) is 9.39. The van der Waals surface area contributed by atoms with E-state index in [4.69, 9.17) is 4.74 Å². The number of ether oxygens (including phenoxy) is 1. The lowest BCUT2D eigenvalue weighted by molar-refractivity contribution is 0.326. The SMILES string of the molecule is CCOc1cccc(Cc2ccccc2)n1. The average Bonchev–Trinajstić information content (AvgIpc) is 2.31. The molecule has 0 spiro atoms. The number of hydrogen-bond donors (Lipinski definition) is 0. The molecule has 1 aromatic carbocycles. The number of benzene rings is 1. The van der Waals surface area contributed by atoms with Crippen molar-refractivity contribution >= 4 is 0 Å². The summed E-state index contributed by atoms with van der Waals surface area (Å²) in [6.07, 6.45) is 0.849. The van der Waals surface area contributed by atoms with Gasteiger partial charge in [-0.25, -0.2) is 4.98 Å². The highest BCUT2D eigenvalue weighted by molar-refractivity contribution is 5.24. The van der Waals surface area contributed by atoms with Gasteiger partial charge in [0.2, 0.25) is 5.88 Å². The fourth-order valence-corrected chi connectivity index (χ4v) is 1.59. The van der Waals surface area contributed by atoms with E-state index in [1.807, 2.05) is 43.3 Å². The van der Waals surface area contributed by atoms with E-state index in [2.05, 4.69) is 17.1 Å². The van der Waals surface area contributed by atoms with Crippen LogP contribution < -0.4 is 4.74 Å². The molecule has 82 valence electrons. The fraction of sp³-hybridized carbons (Fsp3) is 0.214. The van der Waals surface area contributed by atoms with Crippen LogP contribution in [0.1, 0.15) is 18.2 Å². The predicted octanol–water partition coefficient (Wildman–Crippen LogP) is 3.07. The third kappa shape index (κ3) is 2.83. The first-order valence-electron chi connectivity index (χ1n) is 5.51. The standard InChI is InChI=1S/C14H15NO/c1-2-16-14-10-6-9-13(15-14)11-12-7-4-3-5-8-12/h3-10H,2,11H2,1H3. The second-order valence-corrected chi connectivity index (χ2v) is 3.56. The quantitative estimate of drug-likeness (QED) is 0.778. The van der Waals surface area contributed by atoms with Crippen LogP contribution >= 0.6 is 0 Å². The lowest BCUT2D eigenvalue weighted by Crippen LogP contribution is -1.97. The number of nitrogens with zero attached hydrogens (tertiary/aromatic N) is 1. The molecule has 16 heavy (non-hydrogen) atoms. The molecule has 1 heterocycles. The van der Waals surface area contributed by atoms with Gasteiger partial charge in [0.1, 0.15) is 0 Å². The molecule has 2 aromatic rings. The smallest absolute Gasteiger partial charge is 0.213 e. The minimum Gasteiger partial charge on any atom is -0.478 e. The summed E-state index contributed by atoms with van der Waals surface area (Å²) in [5, 5.41) is 0. The van der Waals surface area contributed by atoms with Crippen molar-refractivity contribution in [3.05, 3.63) is 59.8 Å². The molecule has 0 unspecified atom stereocenters. The van der Waals surface area contributed by atoms with Crippen molar-refractivity contribution in [2.24, 2.45) is 0 Å². The monoisotopic (exact) mass is 213 g/mol. The van der Waals surface area contributed by atoms with Crippen molar-refractivity contribution in [1.82, 2.24) is 4.98 Å². The van der Waals surface area contributed by atoms with E-state index in [0.29, 0.717) is 12.5 Å². The number of hydrogen-bond acceptors (Lipinski definition) is 2. The molecule has 0 saturated carbocycles. The lowest BCUT2D eigenvalue weighted by Gasteiger charge is -2.04. The molecule has 0 saturated heterocycles. The maximum Gasteiger partial charge on any atom is 0.213 e. The Hall–Kier alpha value is -1.83. The highest BCUT2D eigenvalue weighted by atomic mass is 16.5. The topological polar surface area (TPSA) is 22.1 Å². The number of aromatic nitrogens is 1. The zero-order valence-electron chi connectivity index (χ0n) is 9.39. The fourth-order valence-electron chi connectivity index (χ4n) is 1.59. The first kappa shape index (κ1) is 10.7. The first-order valence-corrected chi connectivity index (χ1v) is 5.51. The van der Waals surface area contributed by atoms with Gasteiger partial charge in [-0.3, -0.25) is 0 Å². The van der Waals surface area contributed by atoms with Crippen molar-refractivity contribution in [2.45, 2.75) is 13.3 Å². The largest absolute Gasteiger partial charge is 0.478 e. The van der Waals surface area contributed by atoms with Crippen LogP contribution in [0.5, 0.6) is 5.88 Å². The van der Waals surface area contributed by atoms with Gasteiger partial charge in [-0.05, 0) is 18.6 Å². The summed E-state index contributed by atoms with van der Waals surface area (Å²) < 4.78 is 5.37. The van der Waals surface area contributed by atoms with Gasteiger partial charge in [0, 0.05) is 18.2 Å². The molecule has 0 N–H and O–H groups in total. The third-order valence-corrected chi connectivity index (χ3v) is 2.30. The average molecular weight is 213 g/mol. The molecule has 1 aromatic heterocycles. The van der Waals surface area contributed by atoms with Crippen molar-refractivity contribution in [3.63, 3.8) is 0 Å². The number of pyridine rings is 1. The molecular weight excluding hydrogens is 198 g/mol. The van der Waals surface area contributed by atoms with Gasteiger partial charge < -0.3 is 4.74 Å². The molecule has 0 bridgehead atoms. The Morgan fingerprint density at radius 1 is 1.00 bits per heavy atom. The van der Waals surface area contributed by atoms with Gasteiger partial charge in [-0.15, -0.1) is 0 Å². The summed E-state index contributed by atoms with van der Waals surface area (Å²) in [6.45, 7) is 2.62. The van der Waals surface area contributed by atoms with Crippen LogP contribution in [-0.4, -0.2) is 11.6 Å². The van der Waals surface area contributed by atoms with Gasteiger partial charge in [-0.2, -0.15) is 0 Å². The zero-order chi connectivity index (χ0) is 11.2. The maximum absolute atomic E-state index is 5.37. The lowest BCUT2D eigenvalue weighted by atomic mass is 10.1. The molecule has 0 aliphatic rings. The molecule has 0 radical (unpaired) electrons. The van der Waals surface area contributed by atoms with Crippen molar-refractivity contribution in [3.8, 4) is 5.88 Å². The summed E-state index contributed by atoms with van der Waals surface area (Å²) in [6, 6.07) is 16.2. The molecule has 2 rings (SSSR count). The Balaban J connectivity index is 2.12. The van der Waals surface area contributed by atoms with E-state index < -0.39 is 0 Å².